The van der Waals surface area contributed by atoms with Crippen molar-refractivity contribution >= 4 is 9.28 Å². The van der Waals surface area contributed by atoms with Crippen LogP contribution in [-0.4, -0.2) is 18.9 Å². The molecule has 0 bridgehead atoms. The highest BCUT2D eigenvalue weighted by atomic mass is 28.3. The molecule has 0 heterocycles. The van der Waals surface area contributed by atoms with Crippen LogP contribution >= 0.6 is 0 Å². The lowest BCUT2D eigenvalue weighted by molar-refractivity contribution is 0.386. The number of hydrogen-bond donors (Lipinski definition) is 2. The summed E-state index contributed by atoms with van der Waals surface area (Å²) in [6.45, 7) is 3.81. The molecule has 44 valence electrons. The molecule has 0 rings (SSSR count). The summed E-state index contributed by atoms with van der Waals surface area (Å²) in [6, 6.07) is 0. The fraction of sp³-hybridized carbons (Fsp3) is 1.00. The Kier molecular flexibility index (Phi) is 3.24. The lowest BCUT2D eigenvalue weighted by Crippen LogP contribution is -2.16. The van der Waals surface area contributed by atoms with Crippen LogP contribution in [-0.2, 0) is 0 Å². The highest BCUT2D eigenvalue weighted by molar-refractivity contribution is 6.42. The molecule has 2 nitrogen and oxygen atoms in total. The summed E-state index contributed by atoms with van der Waals surface area (Å²) >= 11 is 0. The molecule has 0 aliphatic rings. The molecule has 0 aromatic rings. The number of hydrogen-bond acceptors (Lipinski definition) is 2. The topological polar surface area (TPSA) is 40.5 Å². The zero-order chi connectivity index (χ0) is 5.86. The van der Waals surface area contributed by atoms with Gasteiger partial charge in [0.1, 0.15) is 0 Å². The molecular weight excluding hydrogens is 108 g/mol. The van der Waals surface area contributed by atoms with Crippen LogP contribution in [0.4, 0.5) is 0 Å². The van der Waals surface area contributed by atoms with Crippen LogP contribution in [0.1, 0.15) is 20.3 Å². The predicted octanol–water partition coefficient (Wildman–Crippen LogP) is -0.00840. The second kappa shape index (κ2) is 3.18. The summed E-state index contributed by atoms with van der Waals surface area (Å²) < 4.78 is 0. The van der Waals surface area contributed by atoms with Gasteiger partial charge in [-0.15, -0.1) is 0 Å². The summed E-state index contributed by atoms with van der Waals surface area (Å²) in [6.07, 6.45) is 0.879. The van der Waals surface area contributed by atoms with Gasteiger partial charge in [0, 0.05) is 0 Å². The van der Waals surface area contributed by atoms with Crippen LogP contribution in [0.3, 0.4) is 0 Å². The van der Waals surface area contributed by atoms with Gasteiger partial charge in [-0.05, 0) is 5.54 Å². The average molecular weight is 120 g/mol. The van der Waals surface area contributed by atoms with E-state index in [0.29, 0.717) is 0 Å². The van der Waals surface area contributed by atoms with Gasteiger partial charge in [-0.1, -0.05) is 20.3 Å². The minimum atomic E-state index is -2.26. The maximum Gasteiger partial charge on any atom is 0.318 e. The highest BCUT2D eigenvalue weighted by Gasteiger charge is 2.09. The van der Waals surface area contributed by atoms with E-state index < -0.39 is 9.28 Å². The normalized spacial score (nSPS) is 15.0. The third kappa shape index (κ3) is 2.79. The first-order valence-electron chi connectivity index (χ1n) is 2.54. The van der Waals surface area contributed by atoms with Gasteiger partial charge < -0.3 is 9.59 Å². The Bertz CT molecular complexity index is 47.0. The summed E-state index contributed by atoms with van der Waals surface area (Å²) in [5, 5.41) is 0. The maximum absolute atomic E-state index is 8.52. The van der Waals surface area contributed by atoms with Crippen molar-refractivity contribution in [2.45, 2.75) is 25.8 Å². The molecule has 0 spiro atoms. The molecule has 0 aromatic carbocycles. The van der Waals surface area contributed by atoms with Crippen LogP contribution in [0, 0.1) is 0 Å². The molecule has 0 aromatic heterocycles. The van der Waals surface area contributed by atoms with Gasteiger partial charge in [0.15, 0.2) is 0 Å². The Morgan fingerprint density at radius 3 is 2.00 bits per heavy atom. The lowest BCUT2D eigenvalue weighted by Gasteiger charge is -2.05. The van der Waals surface area contributed by atoms with Gasteiger partial charge in [0.25, 0.3) is 0 Å². The zero-order valence-electron chi connectivity index (χ0n) is 4.76. The van der Waals surface area contributed by atoms with Crippen molar-refractivity contribution in [1.29, 1.82) is 0 Å². The zero-order valence-corrected chi connectivity index (χ0v) is 5.91. The van der Waals surface area contributed by atoms with Crippen LogP contribution in [0.15, 0.2) is 0 Å². The largest absolute Gasteiger partial charge is 0.413 e. The van der Waals surface area contributed by atoms with E-state index in [1.165, 1.54) is 0 Å². The van der Waals surface area contributed by atoms with E-state index in [2.05, 4.69) is 0 Å². The molecule has 1 unspecified atom stereocenters. The Morgan fingerprint density at radius 1 is 1.57 bits per heavy atom. The van der Waals surface area contributed by atoms with Crippen molar-refractivity contribution in [3.8, 4) is 0 Å². The Labute approximate surface area is 45.6 Å². The molecule has 2 N–H and O–H groups in total. The fourth-order valence-electron chi connectivity index (χ4n) is 0.211. The lowest BCUT2D eigenvalue weighted by atomic mass is 10.4. The summed E-state index contributed by atoms with van der Waals surface area (Å²) in [7, 11) is -2.26. The standard InChI is InChI=1S/C4H12O2Si/c1-3-4(2)7(5)6/h4-7H,3H2,1-2H3. The molecule has 7 heavy (non-hydrogen) atoms. The quantitative estimate of drug-likeness (QED) is 0.503. The Morgan fingerprint density at radius 2 is 2.00 bits per heavy atom. The van der Waals surface area contributed by atoms with Crippen LogP contribution in [0.25, 0.3) is 0 Å². The van der Waals surface area contributed by atoms with Crippen molar-refractivity contribution in [3.63, 3.8) is 0 Å². The molecule has 3 heteroatoms. The van der Waals surface area contributed by atoms with Gasteiger partial charge in [0.05, 0.1) is 0 Å². The van der Waals surface area contributed by atoms with E-state index in [4.69, 9.17) is 9.59 Å². The van der Waals surface area contributed by atoms with Crippen LogP contribution in [0.2, 0.25) is 5.54 Å². The summed E-state index contributed by atoms with van der Waals surface area (Å²) in [4.78, 5) is 17.0. The number of rotatable bonds is 2. The molecular formula is C4H12O2Si. The van der Waals surface area contributed by atoms with Crippen molar-refractivity contribution in [3.05, 3.63) is 0 Å². The Balaban J connectivity index is 3.14. The van der Waals surface area contributed by atoms with Gasteiger partial charge in [0.2, 0.25) is 0 Å². The highest BCUT2D eigenvalue weighted by Crippen LogP contribution is 2.07. The first-order chi connectivity index (χ1) is 3.18. The summed E-state index contributed by atoms with van der Waals surface area (Å²) in [5.41, 5.74) is 0.153. The van der Waals surface area contributed by atoms with E-state index in [0.717, 1.165) is 6.42 Å². The van der Waals surface area contributed by atoms with Crippen molar-refractivity contribution in [1.82, 2.24) is 0 Å². The fourth-order valence-corrected chi connectivity index (χ4v) is 0.632. The van der Waals surface area contributed by atoms with Crippen LogP contribution in [0.5, 0.6) is 0 Å². The molecule has 0 amide bonds. The third-order valence-electron chi connectivity index (χ3n) is 1.15. The van der Waals surface area contributed by atoms with Gasteiger partial charge >= 0.3 is 9.28 Å². The second-order valence-corrected chi connectivity index (χ2v) is 3.76. The second-order valence-electron chi connectivity index (χ2n) is 1.80. The molecule has 0 saturated heterocycles. The average Bonchev–Trinajstić information content (AvgIpc) is 1.65. The van der Waals surface area contributed by atoms with Crippen molar-refractivity contribution in [2.24, 2.45) is 0 Å². The maximum atomic E-state index is 8.52. The SMILES string of the molecule is CCC(C)[SiH](O)O. The minimum Gasteiger partial charge on any atom is -0.413 e. The first-order valence-corrected chi connectivity index (χ1v) is 4.24. The summed E-state index contributed by atoms with van der Waals surface area (Å²) in [5.74, 6) is 0. The van der Waals surface area contributed by atoms with Gasteiger partial charge in [-0.2, -0.15) is 0 Å². The van der Waals surface area contributed by atoms with E-state index in [-0.39, 0.29) is 5.54 Å². The minimum absolute atomic E-state index is 0.153. The van der Waals surface area contributed by atoms with Gasteiger partial charge in [-0.3, -0.25) is 0 Å². The molecule has 0 radical (unpaired) electrons. The molecule has 0 fully saturated rings. The van der Waals surface area contributed by atoms with E-state index in [1.54, 1.807) is 0 Å². The predicted molar refractivity (Wildman–Crippen MR) is 31.3 cm³/mol. The molecule has 0 aliphatic carbocycles. The molecule has 0 saturated carbocycles. The van der Waals surface area contributed by atoms with E-state index in [1.807, 2.05) is 13.8 Å². The van der Waals surface area contributed by atoms with Crippen molar-refractivity contribution in [2.75, 3.05) is 0 Å². The first kappa shape index (κ1) is 7.14. The molecule has 1 atom stereocenters. The van der Waals surface area contributed by atoms with Crippen molar-refractivity contribution < 1.29 is 9.59 Å². The monoisotopic (exact) mass is 120 g/mol. The van der Waals surface area contributed by atoms with E-state index >= 15 is 0 Å². The van der Waals surface area contributed by atoms with E-state index in [9.17, 15) is 0 Å². The third-order valence-corrected chi connectivity index (χ3v) is 2.64. The van der Waals surface area contributed by atoms with Crippen LogP contribution < -0.4 is 0 Å². The van der Waals surface area contributed by atoms with Gasteiger partial charge in [-0.25, -0.2) is 0 Å². The Hall–Kier alpha value is 0.137. The smallest absolute Gasteiger partial charge is 0.318 e. The molecule has 0 aliphatic heterocycles.